The van der Waals surface area contributed by atoms with Gasteiger partial charge in [-0.15, -0.1) is 16.8 Å². The van der Waals surface area contributed by atoms with Crippen molar-refractivity contribution in [3.8, 4) is 11.4 Å². The lowest BCUT2D eigenvalue weighted by atomic mass is 10.2. The second-order valence-electron chi connectivity index (χ2n) is 5.04. The summed E-state index contributed by atoms with van der Waals surface area (Å²) in [6, 6.07) is 6.02. The third-order valence-corrected chi connectivity index (χ3v) is 3.76. The monoisotopic (exact) mass is 335 g/mol. The molecule has 1 aromatic carbocycles. The lowest BCUT2D eigenvalue weighted by Crippen LogP contribution is -2.13. The smallest absolute Gasteiger partial charge is 0.316 e. The molecule has 0 amide bonds. The first kappa shape index (κ1) is 17.2. The third-order valence-electron chi connectivity index (χ3n) is 2.82. The Morgan fingerprint density at radius 3 is 2.70 bits per heavy atom. The number of rotatable bonds is 7. The number of allylic oxidation sites excluding steroid dienone is 1. The Kier molecular flexibility index (Phi) is 5.92. The highest BCUT2D eigenvalue weighted by molar-refractivity contribution is 7.99. The molecule has 0 bridgehead atoms. The molecular weight excluding hydrogens is 317 g/mol. The maximum atomic E-state index is 13.1. The number of thioether (sulfide) groups is 1. The first-order chi connectivity index (χ1) is 11.0. The summed E-state index contributed by atoms with van der Waals surface area (Å²) in [5.74, 6) is 0.136. The summed E-state index contributed by atoms with van der Waals surface area (Å²) in [7, 11) is 0. The van der Waals surface area contributed by atoms with Crippen LogP contribution in [-0.4, -0.2) is 32.6 Å². The molecule has 5 nitrogen and oxygen atoms in total. The highest BCUT2D eigenvalue weighted by atomic mass is 32.2. The topological polar surface area (TPSA) is 57.0 Å². The summed E-state index contributed by atoms with van der Waals surface area (Å²) in [5.41, 5.74) is 0.748. The number of hydrogen-bond donors (Lipinski definition) is 0. The Bertz CT molecular complexity index is 683. The summed E-state index contributed by atoms with van der Waals surface area (Å²) in [6.45, 7) is 7.81. The van der Waals surface area contributed by atoms with Gasteiger partial charge in [-0.05, 0) is 38.1 Å². The Labute approximate surface area is 138 Å². The Morgan fingerprint density at radius 2 is 2.09 bits per heavy atom. The molecule has 2 rings (SSSR count). The lowest BCUT2D eigenvalue weighted by Gasteiger charge is -2.09. The van der Waals surface area contributed by atoms with Crippen molar-refractivity contribution in [1.82, 2.24) is 14.8 Å². The van der Waals surface area contributed by atoms with Gasteiger partial charge in [-0.25, -0.2) is 4.39 Å². The molecular formula is C16H18FN3O2S. The SMILES string of the molecule is C=CCn1c(SCC(=O)OC(C)C)nnc1-c1ccc(F)cc1. The summed E-state index contributed by atoms with van der Waals surface area (Å²) < 4.78 is 20.0. The molecule has 0 saturated heterocycles. The minimum atomic E-state index is -0.311. The van der Waals surface area contributed by atoms with Crippen molar-refractivity contribution in [3.05, 3.63) is 42.7 Å². The number of hydrogen-bond acceptors (Lipinski definition) is 5. The number of halogens is 1. The van der Waals surface area contributed by atoms with Crippen LogP contribution in [0.25, 0.3) is 11.4 Å². The van der Waals surface area contributed by atoms with Gasteiger partial charge in [0.2, 0.25) is 0 Å². The maximum Gasteiger partial charge on any atom is 0.316 e. The van der Waals surface area contributed by atoms with E-state index in [0.717, 1.165) is 5.56 Å². The van der Waals surface area contributed by atoms with Crippen LogP contribution in [0, 0.1) is 5.82 Å². The van der Waals surface area contributed by atoms with Gasteiger partial charge >= 0.3 is 5.97 Å². The van der Waals surface area contributed by atoms with E-state index in [2.05, 4.69) is 16.8 Å². The highest BCUT2D eigenvalue weighted by Crippen LogP contribution is 2.24. The minimum absolute atomic E-state index is 0.149. The first-order valence-corrected chi connectivity index (χ1v) is 8.12. The van der Waals surface area contributed by atoms with E-state index in [4.69, 9.17) is 4.74 Å². The van der Waals surface area contributed by atoms with Crippen molar-refractivity contribution in [2.75, 3.05) is 5.75 Å². The summed E-state index contributed by atoms with van der Waals surface area (Å²) in [6.07, 6.45) is 1.57. The van der Waals surface area contributed by atoms with Gasteiger partial charge < -0.3 is 4.74 Å². The number of aromatic nitrogens is 3. The van der Waals surface area contributed by atoms with E-state index >= 15 is 0 Å². The van der Waals surface area contributed by atoms with Gasteiger partial charge in [-0.3, -0.25) is 9.36 Å². The fraction of sp³-hybridized carbons (Fsp3) is 0.312. The van der Waals surface area contributed by atoms with Gasteiger partial charge in [0.1, 0.15) is 5.82 Å². The van der Waals surface area contributed by atoms with E-state index in [1.807, 2.05) is 4.57 Å². The zero-order chi connectivity index (χ0) is 16.8. The van der Waals surface area contributed by atoms with Crippen molar-refractivity contribution in [3.63, 3.8) is 0 Å². The number of esters is 1. The fourth-order valence-electron chi connectivity index (χ4n) is 1.92. The van der Waals surface area contributed by atoms with Crippen LogP contribution in [0.4, 0.5) is 4.39 Å². The second-order valence-corrected chi connectivity index (χ2v) is 5.98. The number of nitrogens with zero attached hydrogens (tertiary/aromatic N) is 3. The molecule has 0 saturated carbocycles. The normalized spacial score (nSPS) is 10.8. The Balaban J connectivity index is 2.19. The van der Waals surface area contributed by atoms with Crippen molar-refractivity contribution < 1.29 is 13.9 Å². The molecule has 0 spiro atoms. The number of carbonyl (C=O) groups excluding carboxylic acids is 1. The van der Waals surface area contributed by atoms with Crippen LogP contribution in [0.1, 0.15) is 13.8 Å². The summed E-state index contributed by atoms with van der Waals surface area (Å²) in [4.78, 5) is 11.6. The van der Waals surface area contributed by atoms with Crippen LogP contribution in [0.5, 0.6) is 0 Å². The molecule has 0 aliphatic heterocycles. The minimum Gasteiger partial charge on any atom is -0.462 e. The molecule has 1 heterocycles. The molecule has 0 radical (unpaired) electrons. The van der Waals surface area contributed by atoms with E-state index < -0.39 is 0 Å². The molecule has 0 aliphatic rings. The largest absolute Gasteiger partial charge is 0.462 e. The molecule has 122 valence electrons. The quantitative estimate of drug-likeness (QED) is 0.441. The van der Waals surface area contributed by atoms with E-state index in [9.17, 15) is 9.18 Å². The van der Waals surface area contributed by atoms with Crippen molar-refractivity contribution in [1.29, 1.82) is 0 Å². The third kappa shape index (κ3) is 4.66. The predicted molar refractivity (Wildman–Crippen MR) is 87.6 cm³/mol. The average molecular weight is 335 g/mol. The summed E-state index contributed by atoms with van der Waals surface area (Å²) >= 11 is 1.25. The van der Waals surface area contributed by atoms with Crippen molar-refractivity contribution >= 4 is 17.7 Å². The molecule has 0 atom stereocenters. The molecule has 7 heteroatoms. The van der Waals surface area contributed by atoms with Crippen LogP contribution in [-0.2, 0) is 16.1 Å². The van der Waals surface area contributed by atoms with Gasteiger partial charge in [-0.2, -0.15) is 0 Å². The highest BCUT2D eigenvalue weighted by Gasteiger charge is 2.15. The first-order valence-electron chi connectivity index (χ1n) is 7.13. The second kappa shape index (κ2) is 7.92. The maximum absolute atomic E-state index is 13.1. The van der Waals surface area contributed by atoms with Crippen LogP contribution < -0.4 is 0 Å². The van der Waals surface area contributed by atoms with Crippen LogP contribution in [0.3, 0.4) is 0 Å². The van der Waals surface area contributed by atoms with E-state index in [1.165, 1.54) is 23.9 Å². The molecule has 23 heavy (non-hydrogen) atoms. The standard InChI is InChI=1S/C16H18FN3O2S/c1-4-9-20-15(12-5-7-13(17)8-6-12)18-19-16(20)23-10-14(21)22-11(2)3/h4-8,11H,1,9-10H2,2-3H3. The Morgan fingerprint density at radius 1 is 1.39 bits per heavy atom. The van der Waals surface area contributed by atoms with E-state index in [1.54, 1.807) is 32.1 Å². The van der Waals surface area contributed by atoms with Crippen molar-refractivity contribution in [2.24, 2.45) is 0 Å². The molecule has 0 unspecified atom stereocenters. The van der Waals surface area contributed by atoms with Gasteiger partial charge in [-0.1, -0.05) is 17.8 Å². The van der Waals surface area contributed by atoms with Crippen LogP contribution >= 0.6 is 11.8 Å². The molecule has 0 fully saturated rings. The number of benzene rings is 1. The molecule has 0 N–H and O–H groups in total. The average Bonchev–Trinajstić information content (AvgIpc) is 2.89. The summed E-state index contributed by atoms with van der Waals surface area (Å²) in [5, 5.41) is 8.84. The van der Waals surface area contributed by atoms with E-state index in [-0.39, 0.29) is 23.6 Å². The molecule has 1 aromatic heterocycles. The van der Waals surface area contributed by atoms with Crippen molar-refractivity contribution in [2.45, 2.75) is 31.7 Å². The van der Waals surface area contributed by atoms with Gasteiger partial charge in [0.15, 0.2) is 11.0 Å². The lowest BCUT2D eigenvalue weighted by molar-refractivity contribution is -0.144. The van der Waals surface area contributed by atoms with Gasteiger partial charge in [0.25, 0.3) is 0 Å². The zero-order valence-electron chi connectivity index (χ0n) is 13.0. The predicted octanol–water partition coefficient (Wildman–Crippen LogP) is 3.31. The van der Waals surface area contributed by atoms with Crippen LogP contribution in [0.15, 0.2) is 42.1 Å². The van der Waals surface area contributed by atoms with Gasteiger partial charge in [0.05, 0.1) is 11.9 Å². The Hall–Kier alpha value is -2.15. The fourth-order valence-corrected chi connectivity index (χ4v) is 2.65. The molecule has 0 aliphatic carbocycles. The van der Waals surface area contributed by atoms with E-state index in [0.29, 0.717) is 17.5 Å². The number of carbonyl (C=O) groups is 1. The zero-order valence-corrected chi connectivity index (χ0v) is 13.8. The van der Waals surface area contributed by atoms with Crippen LogP contribution in [0.2, 0.25) is 0 Å². The molecule has 2 aromatic rings. The van der Waals surface area contributed by atoms with Gasteiger partial charge in [0, 0.05) is 12.1 Å². The number of ether oxygens (including phenoxy) is 1.